The molecule has 0 unspecified atom stereocenters. The number of hydrogen-bond donors (Lipinski definition) is 2. The molecule has 3 N–H and O–H groups in total. The molecule has 14 heteroatoms. The maximum atomic E-state index is 12.7. The Morgan fingerprint density at radius 1 is 1.13 bits per heavy atom. The van der Waals surface area contributed by atoms with Crippen LogP contribution in [-0.2, 0) is 24.8 Å². The van der Waals surface area contributed by atoms with Crippen LogP contribution in [0.1, 0.15) is 12.8 Å². The number of amides is 1. The number of nitrogens with two attached hydrogens (primary N) is 1. The number of aromatic nitrogens is 1. The second-order valence-corrected chi connectivity index (χ2v) is 13.4. The third-order valence-electron chi connectivity index (χ3n) is 4.89. The Morgan fingerprint density at radius 2 is 1.84 bits per heavy atom. The molecule has 0 spiro atoms. The fourth-order valence-electron chi connectivity index (χ4n) is 3.26. The molecule has 0 aliphatic carbocycles. The molecule has 0 radical (unpaired) electrons. The number of halogens is 1. The average Bonchev–Trinajstić information content (AvgIpc) is 3.32. The van der Waals surface area contributed by atoms with Crippen molar-refractivity contribution in [3.8, 4) is 0 Å². The quantitative estimate of drug-likeness (QED) is 0.530. The number of sulfonamides is 2. The van der Waals surface area contributed by atoms with Gasteiger partial charge in [0, 0.05) is 19.0 Å². The van der Waals surface area contributed by atoms with Gasteiger partial charge in [0.1, 0.15) is 4.21 Å². The van der Waals surface area contributed by atoms with E-state index in [0.29, 0.717) is 32.5 Å². The highest BCUT2D eigenvalue weighted by Crippen LogP contribution is 2.32. The lowest BCUT2D eigenvalue weighted by molar-refractivity contribution is -0.120. The summed E-state index contributed by atoms with van der Waals surface area (Å²) >= 11 is 8.00. The van der Waals surface area contributed by atoms with Gasteiger partial charge in [-0.05, 0) is 43.2 Å². The molecule has 0 atom stereocenters. The number of nitrogens with one attached hydrogen (secondary N) is 1. The number of thiophene rings is 1. The number of benzene rings is 1. The van der Waals surface area contributed by atoms with Crippen molar-refractivity contribution < 1.29 is 21.6 Å². The Labute approximate surface area is 191 Å². The van der Waals surface area contributed by atoms with Crippen LogP contribution in [0, 0.1) is 5.92 Å². The van der Waals surface area contributed by atoms with Gasteiger partial charge in [-0.2, -0.15) is 4.31 Å². The molecule has 1 amide bonds. The zero-order valence-electron chi connectivity index (χ0n) is 15.8. The molecule has 0 bridgehead atoms. The van der Waals surface area contributed by atoms with Crippen LogP contribution in [-0.4, -0.2) is 45.1 Å². The Balaban J connectivity index is 1.41. The Kier molecular flexibility index (Phi) is 6.11. The number of rotatable bonds is 5. The molecule has 1 fully saturated rings. The lowest BCUT2D eigenvalue weighted by atomic mass is 9.97. The monoisotopic (exact) mass is 520 g/mol. The highest BCUT2D eigenvalue weighted by atomic mass is 35.5. The second-order valence-electron chi connectivity index (χ2n) is 6.92. The molecule has 2 aromatic heterocycles. The average molecular weight is 521 g/mol. The van der Waals surface area contributed by atoms with Crippen molar-refractivity contribution in [3.05, 3.63) is 34.7 Å². The van der Waals surface area contributed by atoms with E-state index >= 15 is 0 Å². The molecule has 1 aromatic carbocycles. The number of anilines is 1. The molecule has 9 nitrogen and oxygen atoms in total. The summed E-state index contributed by atoms with van der Waals surface area (Å²) in [5.74, 6) is -0.604. The van der Waals surface area contributed by atoms with Gasteiger partial charge >= 0.3 is 0 Å². The summed E-state index contributed by atoms with van der Waals surface area (Å²) < 4.78 is 50.9. The van der Waals surface area contributed by atoms with Crippen molar-refractivity contribution in [2.75, 3.05) is 18.4 Å². The van der Waals surface area contributed by atoms with Crippen LogP contribution in [0.3, 0.4) is 0 Å². The first kappa shape index (κ1) is 22.6. The first-order valence-corrected chi connectivity index (χ1v) is 14.0. The summed E-state index contributed by atoms with van der Waals surface area (Å²) in [6.07, 6.45) is 0.759. The second kappa shape index (κ2) is 8.39. The number of primary sulfonamides is 1. The van der Waals surface area contributed by atoms with E-state index in [4.69, 9.17) is 16.7 Å². The topological polar surface area (TPSA) is 140 Å². The summed E-state index contributed by atoms with van der Waals surface area (Å²) in [6, 6.07) is 7.33. The van der Waals surface area contributed by atoms with Crippen LogP contribution in [0.5, 0.6) is 0 Å². The molecule has 1 aliphatic heterocycles. The predicted octanol–water partition coefficient (Wildman–Crippen LogP) is 2.70. The van der Waals surface area contributed by atoms with E-state index in [9.17, 15) is 21.6 Å². The van der Waals surface area contributed by atoms with E-state index in [1.54, 1.807) is 6.07 Å². The summed E-state index contributed by atoms with van der Waals surface area (Å²) in [4.78, 5) is 16.9. The number of hydrogen-bond acceptors (Lipinski definition) is 8. The van der Waals surface area contributed by atoms with Crippen LogP contribution < -0.4 is 10.5 Å². The van der Waals surface area contributed by atoms with Crippen LogP contribution in [0.15, 0.2) is 39.4 Å². The molecule has 3 aromatic rings. The fraction of sp³-hybridized carbons (Fsp3) is 0.294. The van der Waals surface area contributed by atoms with E-state index in [-0.39, 0.29) is 34.0 Å². The smallest absolute Gasteiger partial charge is 0.252 e. The van der Waals surface area contributed by atoms with Crippen molar-refractivity contribution in [2.45, 2.75) is 21.9 Å². The standard InChI is InChI=1S/C17H17ClN4O5S4/c18-14-3-4-15(29-14)31(26,27)22-7-5-10(6-8-22)16(23)21-17-20-12-2-1-11(30(19,24)25)9-13(12)28-17/h1-4,9-10H,5-8H2,(H2,19,24,25)(H,20,21,23). The molecular formula is C17H17ClN4O5S4. The van der Waals surface area contributed by atoms with E-state index in [1.807, 2.05) is 0 Å². The predicted molar refractivity (Wildman–Crippen MR) is 120 cm³/mol. The van der Waals surface area contributed by atoms with Crippen LogP contribution >= 0.6 is 34.3 Å². The van der Waals surface area contributed by atoms with E-state index < -0.39 is 20.0 Å². The first-order chi connectivity index (χ1) is 14.5. The number of fused-ring (bicyclic) bond motifs is 1. The number of nitrogens with zero attached hydrogens (tertiary/aromatic N) is 2. The van der Waals surface area contributed by atoms with Gasteiger partial charge in [-0.3, -0.25) is 4.79 Å². The maximum Gasteiger partial charge on any atom is 0.252 e. The van der Waals surface area contributed by atoms with E-state index in [2.05, 4.69) is 10.3 Å². The van der Waals surface area contributed by atoms with Crippen LogP contribution in [0.25, 0.3) is 10.2 Å². The SMILES string of the molecule is NS(=O)(=O)c1ccc2nc(NC(=O)C3CCN(S(=O)(=O)c4ccc(Cl)s4)CC3)sc2c1. The normalized spacial score (nSPS) is 16.6. The highest BCUT2D eigenvalue weighted by molar-refractivity contribution is 7.91. The van der Waals surface area contributed by atoms with Crippen molar-refractivity contribution in [1.82, 2.24) is 9.29 Å². The molecule has 1 aliphatic rings. The van der Waals surface area contributed by atoms with Gasteiger partial charge in [-0.1, -0.05) is 22.9 Å². The van der Waals surface area contributed by atoms with Crippen LogP contribution in [0.4, 0.5) is 5.13 Å². The zero-order chi connectivity index (χ0) is 22.4. The summed E-state index contributed by atoms with van der Waals surface area (Å²) in [5.41, 5.74) is 0.545. The van der Waals surface area contributed by atoms with Gasteiger partial charge < -0.3 is 5.32 Å². The zero-order valence-corrected chi connectivity index (χ0v) is 19.8. The Hall–Kier alpha value is -1.61. The molecule has 166 valence electrons. The van der Waals surface area contributed by atoms with Crippen molar-refractivity contribution in [3.63, 3.8) is 0 Å². The minimum Gasteiger partial charge on any atom is -0.302 e. The minimum atomic E-state index is -3.83. The molecule has 1 saturated heterocycles. The van der Waals surface area contributed by atoms with Gasteiger partial charge in [0.15, 0.2) is 5.13 Å². The Morgan fingerprint density at radius 3 is 2.45 bits per heavy atom. The Bertz CT molecular complexity index is 1360. The van der Waals surface area contributed by atoms with Gasteiger partial charge in [-0.15, -0.1) is 11.3 Å². The van der Waals surface area contributed by atoms with Crippen LogP contribution in [0.2, 0.25) is 4.34 Å². The summed E-state index contributed by atoms with van der Waals surface area (Å²) in [7, 11) is -7.45. The van der Waals surface area contributed by atoms with Crippen molar-refractivity contribution in [2.24, 2.45) is 11.1 Å². The van der Waals surface area contributed by atoms with Crippen molar-refractivity contribution >= 4 is 75.6 Å². The third kappa shape index (κ3) is 4.77. The summed E-state index contributed by atoms with van der Waals surface area (Å²) in [5, 5.41) is 8.24. The number of thiazole rings is 1. The molecular weight excluding hydrogens is 504 g/mol. The first-order valence-electron chi connectivity index (χ1n) is 9.04. The lowest BCUT2D eigenvalue weighted by Crippen LogP contribution is -2.41. The number of piperidine rings is 1. The minimum absolute atomic E-state index is 0.0258. The van der Waals surface area contributed by atoms with Crippen molar-refractivity contribution in [1.29, 1.82) is 0 Å². The largest absolute Gasteiger partial charge is 0.302 e. The molecule has 3 heterocycles. The maximum absolute atomic E-state index is 12.7. The van der Waals surface area contributed by atoms with Gasteiger partial charge in [-0.25, -0.2) is 27.0 Å². The van der Waals surface area contributed by atoms with E-state index in [0.717, 1.165) is 22.7 Å². The van der Waals surface area contributed by atoms with Gasteiger partial charge in [0.25, 0.3) is 10.0 Å². The highest BCUT2D eigenvalue weighted by Gasteiger charge is 2.33. The molecule has 0 saturated carbocycles. The lowest BCUT2D eigenvalue weighted by Gasteiger charge is -2.29. The van der Waals surface area contributed by atoms with Gasteiger partial charge in [0.2, 0.25) is 15.9 Å². The number of carbonyl (C=O) groups is 1. The fourth-order valence-corrected chi connectivity index (χ4v) is 7.89. The third-order valence-corrected chi connectivity index (χ3v) is 10.3. The molecule has 4 rings (SSSR count). The van der Waals surface area contributed by atoms with Gasteiger partial charge in [0.05, 0.1) is 19.4 Å². The molecule has 31 heavy (non-hydrogen) atoms. The number of carbonyl (C=O) groups excluding carboxylic acids is 1. The van der Waals surface area contributed by atoms with E-state index in [1.165, 1.54) is 28.6 Å². The summed E-state index contributed by atoms with van der Waals surface area (Å²) in [6.45, 7) is 0.459.